The fraction of sp³-hybridized carbons (Fsp3) is 0.231. The fourth-order valence-electron chi connectivity index (χ4n) is 2.20. The molecule has 0 aromatic heterocycles. The molecular weight excluding hydrogens is 188 g/mol. The number of fused-ring (bicyclic) bond motifs is 3. The van der Waals surface area contributed by atoms with Crippen LogP contribution in [0.4, 0.5) is 0 Å². The number of hydrogen-bond donors (Lipinski definition) is 0. The van der Waals surface area contributed by atoms with Gasteiger partial charge in [-0.25, -0.2) is 0 Å². The predicted molar refractivity (Wildman–Crippen MR) is 64.2 cm³/mol. The third kappa shape index (κ3) is 1.24. The molecule has 0 saturated carbocycles. The van der Waals surface area contributed by atoms with Crippen molar-refractivity contribution in [3.8, 4) is 0 Å². The third-order valence-corrected chi connectivity index (χ3v) is 5.18. The smallest absolute Gasteiger partial charge is 0.0786 e. The standard InChI is InChI=1S/C13H13S/c1-2-6-12-11(5-1)8-10-14-9-4-3-7-13(12)14/h1-6,8,10,13H,7,9H2/q+1. The minimum Gasteiger partial charge on any atom is -0.0786 e. The van der Waals surface area contributed by atoms with Gasteiger partial charge in [0, 0.05) is 22.9 Å². The monoisotopic (exact) mass is 201 g/mol. The average molecular weight is 201 g/mol. The van der Waals surface area contributed by atoms with Crippen molar-refractivity contribution in [3.05, 3.63) is 53.0 Å². The van der Waals surface area contributed by atoms with Gasteiger partial charge in [0.25, 0.3) is 0 Å². The molecule has 0 amide bonds. The molecule has 2 heterocycles. The summed E-state index contributed by atoms with van der Waals surface area (Å²) in [5.74, 6) is 1.25. The second-order valence-electron chi connectivity index (χ2n) is 3.76. The molecule has 2 atom stereocenters. The van der Waals surface area contributed by atoms with Crippen LogP contribution >= 0.6 is 0 Å². The summed E-state index contributed by atoms with van der Waals surface area (Å²) in [5.41, 5.74) is 2.99. The highest BCUT2D eigenvalue weighted by molar-refractivity contribution is 8.00. The minimum atomic E-state index is 0.469. The van der Waals surface area contributed by atoms with Gasteiger partial charge in [0.05, 0.1) is 0 Å². The highest BCUT2D eigenvalue weighted by Crippen LogP contribution is 2.38. The zero-order valence-corrected chi connectivity index (χ0v) is 8.84. The fourth-order valence-corrected chi connectivity index (χ4v) is 4.31. The molecule has 0 spiro atoms. The molecule has 70 valence electrons. The Balaban J connectivity index is 2.10. The van der Waals surface area contributed by atoms with Crippen LogP contribution in [-0.4, -0.2) is 5.75 Å². The molecule has 3 rings (SSSR count). The average Bonchev–Trinajstić information content (AvgIpc) is 2.29. The molecule has 1 heteroatoms. The van der Waals surface area contributed by atoms with Gasteiger partial charge in [-0.15, -0.1) is 0 Å². The van der Waals surface area contributed by atoms with Crippen LogP contribution in [0, 0.1) is 0 Å². The highest BCUT2D eigenvalue weighted by Gasteiger charge is 2.34. The van der Waals surface area contributed by atoms with Gasteiger partial charge in [-0.05, 0) is 17.7 Å². The van der Waals surface area contributed by atoms with Crippen LogP contribution in [-0.2, 0) is 10.9 Å². The van der Waals surface area contributed by atoms with Crippen molar-refractivity contribution < 1.29 is 0 Å². The lowest BCUT2D eigenvalue weighted by molar-refractivity contribution is 0.943. The summed E-state index contributed by atoms with van der Waals surface area (Å²) < 4.78 is 0. The Bertz CT molecular complexity index is 403. The number of hydrogen-bond acceptors (Lipinski definition) is 0. The van der Waals surface area contributed by atoms with Gasteiger partial charge in [0.1, 0.15) is 11.2 Å². The lowest BCUT2D eigenvalue weighted by Gasteiger charge is -2.22. The van der Waals surface area contributed by atoms with Crippen LogP contribution in [0.2, 0.25) is 0 Å². The second kappa shape index (κ2) is 3.32. The van der Waals surface area contributed by atoms with E-state index in [9.17, 15) is 0 Å². The SMILES string of the molecule is C1=CC[S+]2C=Cc3ccccc3C2C1. The predicted octanol–water partition coefficient (Wildman–Crippen LogP) is 3.29. The van der Waals surface area contributed by atoms with E-state index in [4.69, 9.17) is 0 Å². The van der Waals surface area contributed by atoms with Crippen molar-refractivity contribution in [1.29, 1.82) is 0 Å². The number of rotatable bonds is 0. The van der Waals surface area contributed by atoms with Crippen LogP contribution in [0.5, 0.6) is 0 Å². The van der Waals surface area contributed by atoms with Gasteiger partial charge < -0.3 is 0 Å². The van der Waals surface area contributed by atoms with Gasteiger partial charge in [-0.1, -0.05) is 30.3 Å². The molecule has 0 saturated heterocycles. The first kappa shape index (κ1) is 8.37. The van der Waals surface area contributed by atoms with Crippen molar-refractivity contribution in [2.24, 2.45) is 0 Å². The number of benzene rings is 1. The van der Waals surface area contributed by atoms with Gasteiger partial charge in [0.2, 0.25) is 0 Å². The Morgan fingerprint density at radius 2 is 2.07 bits per heavy atom. The molecule has 1 aromatic carbocycles. The Morgan fingerprint density at radius 1 is 1.14 bits per heavy atom. The first-order valence-corrected chi connectivity index (χ1v) is 6.58. The van der Waals surface area contributed by atoms with E-state index in [2.05, 4.69) is 47.9 Å². The van der Waals surface area contributed by atoms with E-state index < -0.39 is 0 Å². The molecule has 0 fully saturated rings. The quantitative estimate of drug-likeness (QED) is 0.446. The molecule has 2 aliphatic heterocycles. The molecule has 1 aromatic rings. The largest absolute Gasteiger partial charge is 0.152 e. The molecule has 0 radical (unpaired) electrons. The van der Waals surface area contributed by atoms with E-state index in [1.807, 2.05) is 0 Å². The number of allylic oxidation sites excluding steroid dienone is 1. The zero-order chi connectivity index (χ0) is 9.38. The lowest BCUT2D eigenvalue weighted by Crippen LogP contribution is -2.20. The highest BCUT2D eigenvalue weighted by atomic mass is 32.2. The Labute approximate surface area is 87.7 Å². The normalized spacial score (nSPS) is 28.3. The topological polar surface area (TPSA) is 0 Å². The maximum Gasteiger partial charge on any atom is 0.152 e. The molecule has 2 unspecified atom stereocenters. The zero-order valence-electron chi connectivity index (χ0n) is 8.02. The Morgan fingerprint density at radius 3 is 3.07 bits per heavy atom. The third-order valence-electron chi connectivity index (χ3n) is 2.94. The van der Waals surface area contributed by atoms with E-state index in [1.54, 1.807) is 5.56 Å². The van der Waals surface area contributed by atoms with E-state index in [-0.39, 0.29) is 0 Å². The van der Waals surface area contributed by atoms with Crippen molar-refractivity contribution in [2.75, 3.05) is 5.75 Å². The van der Waals surface area contributed by atoms with Crippen LogP contribution in [0.25, 0.3) is 6.08 Å². The summed E-state index contributed by atoms with van der Waals surface area (Å²) in [4.78, 5) is 0. The summed E-state index contributed by atoms with van der Waals surface area (Å²) >= 11 is 0. The van der Waals surface area contributed by atoms with Crippen molar-refractivity contribution in [2.45, 2.75) is 11.7 Å². The van der Waals surface area contributed by atoms with E-state index in [0.717, 1.165) is 5.25 Å². The van der Waals surface area contributed by atoms with Crippen LogP contribution in [0.3, 0.4) is 0 Å². The van der Waals surface area contributed by atoms with E-state index >= 15 is 0 Å². The summed E-state index contributed by atoms with van der Waals surface area (Å²) in [6, 6.07) is 8.82. The summed E-state index contributed by atoms with van der Waals surface area (Å²) in [5, 5.41) is 3.18. The van der Waals surface area contributed by atoms with Crippen LogP contribution in [0.1, 0.15) is 22.8 Å². The maximum absolute atomic E-state index is 2.41. The van der Waals surface area contributed by atoms with Gasteiger partial charge in [-0.2, -0.15) is 0 Å². The van der Waals surface area contributed by atoms with E-state index in [0.29, 0.717) is 10.9 Å². The van der Waals surface area contributed by atoms with Crippen molar-refractivity contribution in [3.63, 3.8) is 0 Å². The molecular formula is C13H13S+. The van der Waals surface area contributed by atoms with Gasteiger partial charge in [-0.3, -0.25) is 0 Å². The first-order chi connectivity index (χ1) is 6.95. The molecule has 0 nitrogen and oxygen atoms in total. The van der Waals surface area contributed by atoms with Crippen molar-refractivity contribution >= 4 is 17.0 Å². The Hall–Kier alpha value is -0.950. The summed E-state index contributed by atoms with van der Waals surface area (Å²) in [7, 11) is 0.469. The Kier molecular flexibility index (Phi) is 1.98. The molecule has 0 N–H and O–H groups in total. The van der Waals surface area contributed by atoms with Crippen LogP contribution in [0.15, 0.2) is 41.8 Å². The first-order valence-electron chi connectivity index (χ1n) is 5.06. The minimum absolute atomic E-state index is 0.469. The maximum atomic E-state index is 2.41. The van der Waals surface area contributed by atoms with Gasteiger partial charge >= 0.3 is 0 Å². The molecule has 0 bridgehead atoms. The summed E-state index contributed by atoms with van der Waals surface area (Å²) in [6.07, 6.45) is 8.20. The van der Waals surface area contributed by atoms with E-state index in [1.165, 1.54) is 17.7 Å². The summed E-state index contributed by atoms with van der Waals surface area (Å²) in [6.45, 7) is 0. The molecule has 0 aliphatic carbocycles. The van der Waals surface area contributed by atoms with Crippen molar-refractivity contribution in [1.82, 2.24) is 0 Å². The van der Waals surface area contributed by atoms with Crippen LogP contribution < -0.4 is 0 Å². The lowest BCUT2D eigenvalue weighted by atomic mass is 10.0. The molecule has 14 heavy (non-hydrogen) atoms. The second-order valence-corrected chi connectivity index (χ2v) is 5.88. The molecule has 2 aliphatic rings. The van der Waals surface area contributed by atoms with Gasteiger partial charge in [0.15, 0.2) is 5.25 Å².